The third-order valence-electron chi connectivity index (χ3n) is 3.81. The average molecular weight is 273 g/mol. The Hall–Kier alpha value is -2.94. The maximum Gasteiger partial charge on any atom is 0.256 e. The predicted octanol–water partition coefficient (Wildman–Crippen LogP) is 3.64. The minimum atomic E-state index is -0.111. The van der Waals surface area contributed by atoms with E-state index in [2.05, 4.69) is 5.32 Å². The highest BCUT2D eigenvalue weighted by Crippen LogP contribution is 2.35. The van der Waals surface area contributed by atoms with Gasteiger partial charge in [-0.1, -0.05) is 42.5 Å². The first-order chi connectivity index (χ1) is 10.3. The van der Waals surface area contributed by atoms with Gasteiger partial charge in [0.15, 0.2) is 5.78 Å². The minimum Gasteiger partial charge on any atom is -0.321 e. The van der Waals surface area contributed by atoms with Crippen LogP contribution in [-0.4, -0.2) is 11.7 Å². The van der Waals surface area contributed by atoms with Gasteiger partial charge in [-0.2, -0.15) is 0 Å². The fourth-order valence-corrected chi connectivity index (χ4v) is 2.83. The summed E-state index contributed by atoms with van der Waals surface area (Å²) in [5.74, 6) is -0.140. The number of carbonyl (C=O) groups is 2. The van der Waals surface area contributed by atoms with Crippen LogP contribution in [-0.2, 0) is 0 Å². The van der Waals surface area contributed by atoms with Crippen LogP contribution in [0, 0.1) is 0 Å². The zero-order valence-corrected chi connectivity index (χ0v) is 11.1. The minimum absolute atomic E-state index is 0.0290. The number of ketones is 1. The second-order valence-electron chi connectivity index (χ2n) is 5.04. The molecule has 100 valence electrons. The summed E-state index contributed by atoms with van der Waals surface area (Å²) in [6.07, 6.45) is 0. The Morgan fingerprint density at radius 1 is 0.857 bits per heavy atom. The fourth-order valence-electron chi connectivity index (χ4n) is 2.83. The summed E-state index contributed by atoms with van der Waals surface area (Å²) in [6, 6.07) is 18.2. The molecule has 1 aliphatic rings. The summed E-state index contributed by atoms with van der Waals surface area (Å²) in [5, 5.41) is 4.48. The zero-order chi connectivity index (χ0) is 14.4. The Morgan fingerprint density at radius 2 is 1.67 bits per heavy atom. The van der Waals surface area contributed by atoms with Crippen molar-refractivity contribution in [2.75, 3.05) is 5.32 Å². The van der Waals surface area contributed by atoms with Crippen molar-refractivity contribution in [3.05, 3.63) is 77.4 Å². The lowest BCUT2D eigenvalue weighted by atomic mass is 9.95. The number of hydrogen-bond acceptors (Lipinski definition) is 2. The molecule has 0 unspecified atom stereocenters. The van der Waals surface area contributed by atoms with E-state index in [1.807, 2.05) is 30.3 Å². The van der Waals surface area contributed by atoms with E-state index in [9.17, 15) is 9.59 Å². The summed E-state index contributed by atoms with van der Waals surface area (Å²) < 4.78 is 0. The standard InChI is InChI=1S/C18H11NO2/c20-17(11-5-2-1-3-6-11)13-9-10-15-16-12(13)7-4-8-14(16)18(21)19-15/h1-10H,(H,19,21). The summed E-state index contributed by atoms with van der Waals surface area (Å²) in [4.78, 5) is 24.6. The van der Waals surface area contributed by atoms with Crippen LogP contribution in [0.5, 0.6) is 0 Å². The van der Waals surface area contributed by atoms with Gasteiger partial charge in [0.25, 0.3) is 5.91 Å². The number of hydrogen-bond donors (Lipinski definition) is 1. The molecule has 21 heavy (non-hydrogen) atoms. The van der Waals surface area contributed by atoms with Gasteiger partial charge in [0.05, 0.1) is 0 Å². The van der Waals surface area contributed by atoms with Gasteiger partial charge in [0, 0.05) is 27.8 Å². The molecule has 0 radical (unpaired) electrons. The van der Waals surface area contributed by atoms with Gasteiger partial charge in [0.2, 0.25) is 0 Å². The molecule has 1 N–H and O–H groups in total. The number of carbonyl (C=O) groups excluding carboxylic acids is 2. The molecular weight excluding hydrogens is 262 g/mol. The smallest absolute Gasteiger partial charge is 0.256 e. The van der Waals surface area contributed by atoms with E-state index < -0.39 is 0 Å². The number of rotatable bonds is 2. The Labute approximate surface area is 121 Å². The first-order valence-corrected chi connectivity index (χ1v) is 6.72. The molecule has 1 aliphatic heterocycles. The molecule has 0 fully saturated rings. The number of benzene rings is 3. The van der Waals surface area contributed by atoms with Crippen molar-refractivity contribution < 1.29 is 9.59 Å². The molecule has 3 nitrogen and oxygen atoms in total. The van der Waals surface area contributed by atoms with E-state index in [0.717, 1.165) is 16.5 Å². The second kappa shape index (κ2) is 4.28. The van der Waals surface area contributed by atoms with Crippen molar-refractivity contribution in [2.45, 2.75) is 0 Å². The molecule has 4 rings (SSSR count). The van der Waals surface area contributed by atoms with Crippen molar-refractivity contribution in [1.29, 1.82) is 0 Å². The van der Waals surface area contributed by atoms with Gasteiger partial charge in [-0.05, 0) is 23.6 Å². The van der Waals surface area contributed by atoms with Gasteiger partial charge < -0.3 is 5.32 Å². The van der Waals surface area contributed by atoms with Gasteiger partial charge in [-0.25, -0.2) is 0 Å². The van der Waals surface area contributed by atoms with E-state index in [-0.39, 0.29) is 11.7 Å². The van der Waals surface area contributed by atoms with Crippen molar-refractivity contribution in [2.24, 2.45) is 0 Å². The molecular formula is C18H11NO2. The molecule has 0 atom stereocenters. The Balaban J connectivity index is 1.98. The normalized spacial score (nSPS) is 12.5. The summed E-state index contributed by atoms with van der Waals surface area (Å²) in [5.41, 5.74) is 2.68. The number of nitrogens with one attached hydrogen (secondary N) is 1. The van der Waals surface area contributed by atoms with Gasteiger partial charge in [-0.3, -0.25) is 9.59 Å². The lowest BCUT2D eigenvalue weighted by molar-refractivity contribution is 0.102. The van der Waals surface area contributed by atoms with Crippen LogP contribution in [0.4, 0.5) is 5.69 Å². The molecule has 0 saturated carbocycles. The van der Waals surface area contributed by atoms with E-state index in [1.165, 1.54) is 0 Å². The quantitative estimate of drug-likeness (QED) is 0.725. The van der Waals surface area contributed by atoms with E-state index in [1.54, 1.807) is 30.3 Å². The molecule has 0 bridgehead atoms. The molecule has 0 aromatic heterocycles. The van der Waals surface area contributed by atoms with Gasteiger partial charge in [-0.15, -0.1) is 0 Å². The van der Waals surface area contributed by atoms with E-state index >= 15 is 0 Å². The third-order valence-corrected chi connectivity index (χ3v) is 3.81. The molecule has 1 amide bonds. The molecule has 0 aliphatic carbocycles. The maximum absolute atomic E-state index is 12.7. The first kappa shape index (κ1) is 11.9. The molecule has 3 aromatic carbocycles. The molecule has 0 spiro atoms. The lowest BCUT2D eigenvalue weighted by Gasteiger charge is -2.07. The largest absolute Gasteiger partial charge is 0.321 e. The number of anilines is 1. The van der Waals surface area contributed by atoms with Gasteiger partial charge >= 0.3 is 0 Å². The van der Waals surface area contributed by atoms with E-state index in [0.29, 0.717) is 16.7 Å². The van der Waals surface area contributed by atoms with Gasteiger partial charge in [0.1, 0.15) is 0 Å². The highest BCUT2D eigenvalue weighted by atomic mass is 16.2. The van der Waals surface area contributed by atoms with Crippen LogP contribution < -0.4 is 5.32 Å². The van der Waals surface area contributed by atoms with Crippen molar-refractivity contribution in [3.8, 4) is 0 Å². The summed E-state index contributed by atoms with van der Waals surface area (Å²) >= 11 is 0. The fraction of sp³-hybridized carbons (Fsp3) is 0. The van der Waals surface area contributed by atoms with Crippen LogP contribution in [0.2, 0.25) is 0 Å². The molecule has 3 aromatic rings. The highest BCUT2D eigenvalue weighted by molar-refractivity contribution is 6.28. The van der Waals surface area contributed by atoms with Crippen LogP contribution in [0.3, 0.4) is 0 Å². The van der Waals surface area contributed by atoms with Crippen molar-refractivity contribution in [1.82, 2.24) is 0 Å². The lowest BCUT2D eigenvalue weighted by Crippen LogP contribution is -2.03. The Bertz CT molecular complexity index is 898. The summed E-state index contributed by atoms with van der Waals surface area (Å²) in [6.45, 7) is 0. The maximum atomic E-state index is 12.7. The molecule has 0 saturated heterocycles. The number of amides is 1. The zero-order valence-electron chi connectivity index (χ0n) is 11.1. The van der Waals surface area contributed by atoms with Crippen LogP contribution >= 0.6 is 0 Å². The monoisotopic (exact) mass is 273 g/mol. The van der Waals surface area contributed by atoms with Crippen molar-refractivity contribution in [3.63, 3.8) is 0 Å². The van der Waals surface area contributed by atoms with Crippen LogP contribution in [0.25, 0.3) is 10.8 Å². The average Bonchev–Trinajstić information content (AvgIpc) is 2.86. The predicted molar refractivity (Wildman–Crippen MR) is 81.8 cm³/mol. The summed E-state index contributed by atoms with van der Waals surface area (Å²) in [7, 11) is 0. The van der Waals surface area contributed by atoms with E-state index in [4.69, 9.17) is 0 Å². The first-order valence-electron chi connectivity index (χ1n) is 6.72. The third kappa shape index (κ3) is 1.68. The topological polar surface area (TPSA) is 46.2 Å². The second-order valence-corrected chi connectivity index (χ2v) is 5.04. The van der Waals surface area contributed by atoms with Crippen LogP contribution in [0.1, 0.15) is 26.3 Å². The highest BCUT2D eigenvalue weighted by Gasteiger charge is 2.24. The molecule has 1 heterocycles. The Kier molecular flexibility index (Phi) is 2.42. The Morgan fingerprint density at radius 3 is 2.48 bits per heavy atom. The van der Waals surface area contributed by atoms with Crippen molar-refractivity contribution >= 4 is 28.2 Å². The van der Waals surface area contributed by atoms with Crippen LogP contribution in [0.15, 0.2) is 60.7 Å². The molecule has 3 heteroatoms. The SMILES string of the molecule is O=C(c1ccccc1)c1ccc2c3c(cccc13)C(=O)N2.